The van der Waals surface area contributed by atoms with Crippen molar-refractivity contribution in [2.24, 2.45) is 0 Å². The van der Waals surface area contributed by atoms with Crippen molar-refractivity contribution < 1.29 is 9.26 Å². The van der Waals surface area contributed by atoms with Gasteiger partial charge in [0.2, 0.25) is 0 Å². The SMILES string of the molecule is C#CCOc1ccc(Br)cc1CNCc1ccno1. The van der Waals surface area contributed by atoms with E-state index in [-0.39, 0.29) is 6.61 Å². The first-order valence-corrected chi connectivity index (χ1v) is 6.54. The third kappa shape index (κ3) is 4.12. The van der Waals surface area contributed by atoms with Crippen LogP contribution in [0.2, 0.25) is 0 Å². The Hall–Kier alpha value is -1.77. The Morgan fingerprint density at radius 3 is 3.00 bits per heavy atom. The first kappa shape index (κ1) is 13.7. The summed E-state index contributed by atoms with van der Waals surface area (Å²) in [5, 5.41) is 6.91. The monoisotopic (exact) mass is 320 g/mol. The van der Waals surface area contributed by atoms with E-state index in [2.05, 4.69) is 32.3 Å². The zero-order chi connectivity index (χ0) is 13.5. The van der Waals surface area contributed by atoms with Crippen LogP contribution in [-0.2, 0) is 13.1 Å². The highest BCUT2D eigenvalue weighted by atomic mass is 79.9. The molecule has 0 aliphatic carbocycles. The summed E-state index contributed by atoms with van der Waals surface area (Å²) >= 11 is 3.44. The Bertz CT molecular complexity index is 561. The van der Waals surface area contributed by atoms with Crippen molar-refractivity contribution in [3.05, 3.63) is 46.3 Å². The van der Waals surface area contributed by atoms with Crippen molar-refractivity contribution in [2.75, 3.05) is 6.61 Å². The van der Waals surface area contributed by atoms with E-state index >= 15 is 0 Å². The van der Waals surface area contributed by atoms with E-state index < -0.39 is 0 Å². The maximum Gasteiger partial charge on any atom is 0.150 e. The summed E-state index contributed by atoms with van der Waals surface area (Å²) in [5.74, 6) is 4.04. The van der Waals surface area contributed by atoms with Gasteiger partial charge >= 0.3 is 0 Å². The molecule has 0 atom stereocenters. The molecule has 2 rings (SSSR count). The van der Waals surface area contributed by atoms with Crippen LogP contribution in [0.15, 0.2) is 39.5 Å². The molecule has 0 aliphatic rings. The zero-order valence-electron chi connectivity index (χ0n) is 10.2. The minimum absolute atomic E-state index is 0.261. The lowest BCUT2D eigenvalue weighted by Crippen LogP contribution is -2.13. The standard InChI is InChI=1S/C14H13BrN2O2/c1-2-7-18-14-4-3-12(15)8-11(14)9-16-10-13-5-6-17-19-13/h1,3-6,8,16H,7,9-10H2. The van der Waals surface area contributed by atoms with Gasteiger partial charge in [-0.05, 0) is 18.2 Å². The number of benzene rings is 1. The van der Waals surface area contributed by atoms with E-state index in [0.717, 1.165) is 21.5 Å². The second-order valence-corrected chi connectivity index (χ2v) is 4.74. The van der Waals surface area contributed by atoms with E-state index in [1.165, 1.54) is 0 Å². The zero-order valence-corrected chi connectivity index (χ0v) is 11.8. The molecule has 4 nitrogen and oxygen atoms in total. The third-order valence-electron chi connectivity index (χ3n) is 2.44. The molecule has 0 unspecified atom stereocenters. The Morgan fingerprint density at radius 2 is 2.26 bits per heavy atom. The van der Waals surface area contributed by atoms with Gasteiger partial charge in [-0.1, -0.05) is 27.0 Å². The molecular weight excluding hydrogens is 308 g/mol. The number of nitrogens with one attached hydrogen (secondary N) is 1. The highest BCUT2D eigenvalue weighted by Crippen LogP contribution is 2.23. The van der Waals surface area contributed by atoms with Gasteiger partial charge in [-0.25, -0.2) is 0 Å². The maximum absolute atomic E-state index is 5.50. The Kier molecular flexibility index (Phi) is 5.01. The second-order valence-electron chi connectivity index (χ2n) is 3.83. The average molecular weight is 321 g/mol. The number of terminal acetylenes is 1. The Balaban J connectivity index is 1.97. The van der Waals surface area contributed by atoms with Gasteiger partial charge in [0.1, 0.15) is 18.1 Å². The molecule has 5 heteroatoms. The van der Waals surface area contributed by atoms with Crippen LogP contribution in [0.5, 0.6) is 5.75 Å². The molecule has 98 valence electrons. The quantitative estimate of drug-likeness (QED) is 0.831. The first-order valence-electron chi connectivity index (χ1n) is 5.74. The van der Waals surface area contributed by atoms with E-state index in [4.69, 9.17) is 15.7 Å². The average Bonchev–Trinajstić information content (AvgIpc) is 2.91. The topological polar surface area (TPSA) is 47.3 Å². The van der Waals surface area contributed by atoms with Gasteiger partial charge in [-0.2, -0.15) is 0 Å². The Morgan fingerprint density at radius 1 is 1.37 bits per heavy atom. The highest BCUT2D eigenvalue weighted by Gasteiger charge is 2.05. The van der Waals surface area contributed by atoms with Gasteiger partial charge < -0.3 is 14.6 Å². The molecule has 1 aromatic heterocycles. The van der Waals surface area contributed by atoms with Crippen molar-refractivity contribution >= 4 is 15.9 Å². The first-order chi connectivity index (χ1) is 9.29. The maximum atomic E-state index is 5.50. The molecule has 0 saturated heterocycles. The fourth-order valence-corrected chi connectivity index (χ4v) is 2.01. The molecule has 0 bridgehead atoms. The Labute approximate surface area is 120 Å². The molecule has 0 spiro atoms. The lowest BCUT2D eigenvalue weighted by molar-refractivity contribution is 0.359. The summed E-state index contributed by atoms with van der Waals surface area (Å²) in [6.45, 7) is 1.53. The summed E-state index contributed by atoms with van der Waals surface area (Å²) < 4.78 is 11.5. The molecule has 0 amide bonds. The molecule has 1 N–H and O–H groups in total. The molecular formula is C14H13BrN2O2. The summed E-state index contributed by atoms with van der Waals surface area (Å²) in [5.41, 5.74) is 1.03. The number of nitrogens with zero attached hydrogens (tertiary/aromatic N) is 1. The summed E-state index contributed by atoms with van der Waals surface area (Å²) in [6.07, 6.45) is 6.82. The number of rotatable bonds is 6. The molecule has 1 aromatic carbocycles. The number of ether oxygens (including phenoxy) is 1. The normalized spacial score (nSPS) is 10.1. The summed E-state index contributed by atoms with van der Waals surface area (Å²) in [7, 11) is 0. The lowest BCUT2D eigenvalue weighted by atomic mass is 10.2. The van der Waals surface area contributed by atoms with Gasteiger partial charge in [0.05, 0.1) is 12.7 Å². The van der Waals surface area contributed by atoms with Crippen molar-refractivity contribution in [3.63, 3.8) is 0 Å². The largest absolute Gasteiger partial charge is 0.481 e. The fourth-order valence-electron chi connectivity index (χ4n) is 1.60. The van der Waals surface area contributed by atoms with Crippen molar-refractivity contribution in [3.8, 4) is 18.1 Å². The minimum atomic E-state index is 0.261. The van der Waals surface area contributed by atoms with E-state index in [1.54, 1.807) is 6.20 Å². The summed E-state index contributed by atoms with van der Waals surface area (Å²) in [6, 6.07) is 7.64. The minimum Gasteiger partial charge on any atom is -0.481 e. The van der Waals surface area contributed by atoms with Gasteiger partial charge in [0.25, 0.3) is 0 Å². The van der Waals surface area contributed by atoms with E-state index in [0.29, 0.717) is 13.1 Å². The predicted molar refractivity (Wildman–Crippen MR) is 75.5 cm³/mol. The van der Waals surface area contributed by atoms with E-state index in [9.17, 15) is 0 Å². The van der Waals surface area contributed by atoms with Gasteiger partial charge in [-0.3, -0.25) is 0 Å². The number of halogens is 1. The molecule has 0 fully saturated rings. The van der Waals surface area contributed by atoms with Crippen LogP contribution in [0.3, 0.4) is 0 Å². The van der Waals surface area contributed by atoms with Crippen LogP contribution < -0.4 is 10.1 Å². The van der Waals surface area contributed by atoms with Crippen LogP contribution in [-0.4, -0.2) is 11.8 Å². The highest BCUT2D eigenvalue weighted by molar-refractivity contribution is 9.10. The van der Waals surface area contributed by atoms with Crippen LogP contribution in [0.25, 0.3) is 0 Å². The smallest absolute Gasteiger partial charge is 0.150 e. The summed E-state index contributed by atoms with van der Waals surface area (Å²) in [4.78, 5) is 0. The third-order valence-corrected chi connectivity index (χ3v) is 2.93. The van der Waals surface area contributed by atoms with Crippen LogP contribution in [0.1, 0.15) is 11.3 Å². The number of aromatic nitrogens is 1. The molecule has 0 saturated carbocycles. The van der Waals surface area contributed by atoms with Crippen molar-refractivity contribution in [1.82, 2.24) is 10.5 Å². The van der Waals surface area contributed by atoms with Crippen LogP contribution >= 0.6 is 15.9 Å². The van der Waals surface area contributed by atoms with Crippen molar-refractivity contribution in [1.29, 1.82) is 0 Å². The van der Waals surface area contributed by atoms with Crippen LogP contribution in [0.4, 0.5) is 0 Å². The van der Waals surface area contributed by atoms with E-state index in [1.807, 2.05) is 24.3 Å². The molecule has 1 heterocycles. The molecule has 19 heavy (non-hydrogen) atoms. The molecule has 0 radical (unpaired) electrons. The van der Waals surface area contributed by atoms with Gasteiger partial charge in [0, 0.05) is 22.6 Å². The van der Waals surface area contributed by atoms with Crippen molar-refractivity contribution in [2.45, 2.75) is 13.1 Å². The van der Waals surface area contributed by atoms with Gasteiger partial charge in [0.15, 0.2) is 0 Å². The number of hydrogen-bond acceptors (Lipinski definition) is 4. The van der Waals surface area contributed by atoms with Gasteiger partial charge in [-0.15, -0.1) is 6.42 Å². The molecule has 2 aromatic rings. The number of hydrogen-bond donors (Lipinski definition) is 1. The van der Waals surface area contributed by atoms with Crippen LogP contribution in [0, 0.1) is 12.3 Å². The fraction of sp³-hybridized carbons (Fsp3) is 0.214. The lowest BCUT2D eigenvalue weighted by Gasteiger charge is -2.10. The second kappa shape index (κ2) is 6.98. The predicted octanol–water partition coefficient (Wildman–Crippen LogP) is 2.74. The molecule has 0 aliphatic heterocycles.